The zero-order valence-corrected chi connectivity index (χ0v) is 9.38. The minimum Gasteiger partial charge on any atom is -0.333 e. The summed E-state index contributed by atoms with van der Waals surface area (Å²) in [5.74, 6) is 2.09. The molecule has 2 N–H and O–H groups in total. The molecular weight excluding hydrogens is 162 g/mol. The Morgan fingerprint density at radius 2 is 1.54 bits per heavy atom. The Kier molecular flexibility index (Phi) is 13.5. The van der Waals surface area contributed by atoms with Crippen LogP contribution in [0.3, 0.4) is 0 Å². The average Bonchev–Trinajstić information content (AvgIpc) is 2.25. The molecule has 1 fully saturated rings. The molecule has 1 rings (SSSR count). The molecule has 0 bridgehead atoms. The van der Waals surface area contributed by atoms with Gasteiger partial charge in [-0.05, 0) is 18.9 Å². The van der Waals surface area contributed by atoms with E-state index < -0.39 is 0 Å². The molecule has 0 aromatic rings. The SMILES string of the molecule is C=O.CCC1CCC(C)CC1.CN. The monoisotopic (exact) mass is 187 g/mol. The molecule has 0 atom stereocenters. The fourth-order valence-electron chi connectivity index (χ4n) is 1.74. The molecule has 2 nitrogen and oxygen atoms in total. The largest absolute Gasteiger partial charge is 0.333 e. The lowest BCUT2D eigenvalue weighted by molar-refractivity contribution is -0.0979. The van der Waals surface area contributed by atoms with Crippen molar-refractivity contribution in [2.75, 3.05) is 7.05 Å². The van der Waals surface area contributed by atoms with Crippen molar-refractivity contribution in [2.45, 2.75) is 46.0 Å². The second-order valence-corrected chi connectivity index (χ2v) is 3.53. The summed E-state index contributed by atoms with van der Waals surface area (Å²) >= 11 is 0. The van der Waals surface area contributed by atoms with Crippen molar-refractivity contribution < 1.29 is 4.79 Å². The number of nitrogens with two attached hydrogens (primary N) is 1. The van der Waals surface area contributed by atoms with E-state index in [4.69, 9.17) is 4.79 Å². The van der Waals surface area contributed by atoms with Gasteiger partial charge in [0.15, 0.2) is 0 Å². The second kappa shape index (κ2) is 11.6. The molecule has 0 aliphatic heterocycles. The van der Waals surface area contributed by atoms with Crippen LogP contribution in [-0.4, -0.2) is 13.8 Å². The fourth-order valence-corrected chi connectivity index (χ4v) is 1.74. The van der Waals surface area contributed by atoms with Crippen LogP contribution in [-0.2, 0) is 4.79 Å². The molecule has 0 aromatic carbocycles. The van der Waals surface area contributed by atoms with E-state index >= 15 is 0 Å². The van der Waals surface area contributed by atoms with Gasteiger partial charge in [-0.25, -0.2) is 0 Å². The minimum atomic E-state index is 1.02. The Morgan fingerprint density at radius 3 is 1.85 bits per heavy atom. The van der Waals surface area contributed by atoms with Crippen LogP contribution in [0.4, 0.5) is 0 Å². The van der Waals surface area contributed by atoms with Gasteiger partial charge >= 0.3 is 0 Å². The molecule has 80 valence electrons. The van der Waals surface area contributed by atoms with Crippen LogP contribution in [0, 0.1) is 11.8 Å². The van der Waals surface area contributed by atoms with Crippen molar-refractivity contribution in [3.63, 3.8) is 0 Å². The Bertz CT molecular complexity index is 88.1. The van der Waals surface area contributed by atoms with Crippen LogP contribution in [0.25, 0.3) is 0 Å². The van der Waals surface area contributed by atoms with Gasteiger partial charge in [-0.3, -0.25) is 0 Å². The molecule has 13 heavy (non-hydrogen) atoms. The molecule has 0 amide bonds. The first-order valence-corrected chi connectivity index (χ1v) is 5.19. The van der Waals surface area contributed by atoms with Gasteiger partial charge in [0.25, 0.3) is 0 Å². The normalized spacial score (nSPS) is 26.2. The Morgan fingerprint density at radius 1 is 1.15 bits per heavy atom. The lowest BCUT2D eigenvalue weighted by atomic mass is 9.82. The standard InChI is InChI=1S/C9H18.CH5N.CH2O/c1-3-9-6-4-8(2)5-7-9;2*1-2/h8-9H,3-7H2,1-2H3;2H2,1H3;1H2. The Labute approximate surface area is 82.9 Å². The number of hydrogen-bond acceptors (Lipinski definition) is 2. The van der Waals surface area contributed by atoms with Gasteiger partial charge in [0, 0.05) is 0 Å². The maximum Gasteiger partial charge on any atom is 0.106 e. The van der Waals surface area contributed by atoms with E-state index in [9.17, 15) is 0 Å². The Hall–Kier alpha value is -0.370. The van der Waals surface area contributed by atoms with Gasteiger partial charge in [-0.15, -0.1) is 0 Å². The highest BCUT2D eigenvalue weighted by atomic mass is 16.1. The predicted molar refractivity (Wildman–Crippen MR) is 58.6 cm³/mol. The molecule has 0 radical (unpaired) electrons. The number of carbonyl (C=O) groups excluding carboxylic acids is 1. The van der Waals surface area contributed by atoms with Crippen LogP contribution in [0.5, 0.6) is 0 Å². The highest BCUT2D eigenvalue weighted by Crippen LogP contribution is 2.29. The van der Waals surface area contributed by atoms with E-state index in [1.807, 2.05) is 6.79 Å². The van der Waals surface area contributed by atoms with E-state index in [1.54, 1.807) is 0 Å². The molecule has 0 spiro atoms. The second-order valence-electron chi connectivity index (χ2n) is 3.53. The van der Waals surface area contributed by atoms with Gasteiger partial charge in [-0.1, -0.05) is 46.0 Å². The van der Waals surface area contributed by atoms with Gasteiger partial charge in [0.05, 0.1) is 0 Å². The molecule has 1 saturated carbocycles. The van der Waals surface area contributed by atoms with Gasteiger partial charge in [0.2, 0.25) is 0 Å². The van der Waals surface area contributed by atoms with E-state index in [0.717, 1.165) is 11.8 Å². The van der Waals surface area contributed by atoms with Crippen molar-refractivity contribution >= 4 is 6.79 Å². The molecule has 1 aliphatic rings. The predicted octanol–water partition coefficient (Wildman–Crippen LogP) is 2.61. The van der Waals surface area contributed by atoms with Crippen molar-refractivity contribution in [1.82, 2.24) is 0 Å². The van der Waals surface area contributed by atoms with Gasteiger partial charge < -0.3 is 10.5 Å². The summed E-state index contributed by atoms with van der Waals surface area (Å²) in [7, 11) is 1.50. The zero-order chi connectivity index (χ0) is 10.7. The molecular formula is C11H25NO. The summed E-state index contributed by atoms with van der Waals surface area (Å²) in [5.41, 5.74) is 4.50. The Balaban J connectivity index is 0. The highest BCUT2D eigenvalue weighted by molar-refractivity contribution is 5.10. The van der Waals surface area contributed by atoms with Crippen LogP contribution in [0.15, 0.2) is 0 Å². The molecule has 0 saturated heterocycles. The van der Waals surface area contributed by atoms with Crippen molar-refractivity contribution in [3.8, 4) is 0 Å². The third kappa shape index (κ3) is 7.97. The van der Waals surface area contributed by atoms with Crippen molar-refractivity contribution in [3.05, 3.63) is 0 Å². The van der Waals surface area contributed by atoms with Gasteiger partial charge in [-0.2, -0.15) is 0 Å². The van der Waals surface area contributed by atoms with Crippen molar-refractivity contribution in [2.24, 2.45) is 17.6 Å². The van der Waals surface area contributed by atoms with Crippen LogP contribution in [0.1, 0.15) is 46.0 Å². The lowest BCUT2D eigenvalue weighted by Gasteiger charge is -2.24. The maximum atomic E-state index is 8.00. The van der Waals surface area contributed by atoms with Crippen LogP contribution >= 0.6 is 0 Å². The van der Waals surface area contributed by atoms with E-state index in [0.29, 0.717) is 0 Å². The summed E-state index contributed by atoms with van der Waals surface area (Å²) in [6.45, 7) is 6.70. The quantitative estimate of drug-likeness (QED) is 0.685. The summed E-state index contributed by atoms with van der Waals surface area (Å²) < 4.78 is 0. The third-order valence-electron chi connectivity index (χ3n) is 2.71. The summed E-state index contributed by atoms with van der Waals surface area (Å²) in [5, 5.41) is 0. The molecule has 1 aliphatic carbocycles. The van der Waals surface area contributed by atoms with E-state index in [2.05, 4.69) is 19.6 Å². The first kappa shape index (κ1) is 15.1. The summed E-state index contributed by atoms with van der Waals surface area (Å²) in [6, 6.07) is 0. The number of carbonyl (C=O) groups is 1. The molecule has 0 unspecified atom stereocenters. The average molecular weight is 187 g/mol. The first-order chi connectivity index (χ1) is 6.33. The first-order valence-electron chi connectivity index (χ1n) is 5.19. The summed E-state index contributed by atoms with van der Waals surface area (Å²) in [6.07, 6.45) is 7.37. The topological polar surface area (TPSA) is 43.1 Å². The maximum absolute atomic E-state index is 8.00. The number of hydrogen-bond donors (Lipinski definition) is 1. The number of rotatable bonds is 1. The molecule has 0 heterocycles. The fraction of sp³-hybridized carbons (Fsp3) is 0.909. The molecule has 0 aromatic heterocycles. The molecule has 2 heteroatoms. The minimum absolute atomic E-state index is 1.02. The van der Waals surface area contributed by atoms with E-state index in [-0.39, 0.29) is 0 Å². The van der Waals surface area contributed by atoms with Crippen LogP contribution < -0.4 is 5.73 Å². The highest BCUT2D eigenvalue weighted by Gasteiger charge is 2.15. The van der Waals surface area contributed by atoms with Crippen molar-refractivity contribution in [1.29, 1.82) is 0 Å². The van der Waals surface area contributed by atoms with Crippen LogP contribution in [0.2, 0.25) is 0 Å². The van der Waals surface area contributed by atoms with Gasteiger partial charge in [0.1, 0.15) is 6.79 Å². The third-order valence-corrected chi connectivity index (χ3v) is 2.71. The van der Waals surface area contributed by atoms with E-state index in [1.165, 1.54) is 39.2 Å². The smallest absolute Gasteiger partial charge is 0.106 e. The summed E-state index contributed by atoms with van der Waals surface area (Å²) in [4.78, 5) is 8.00. The zero-order valence-electron chi connectivity index (χ0n) is 9.38. The lowest BCUT2D eigenvalue weighted by Crippen LogP contribution is -2.10.